The van der Waals surface area contributed by atoms with Crippen LogP contribution < -0.4 is 4.90 Å². The molecule has 1 aliphatic heterocycles. The quantitative estimate of drug-likeness (QED) is 0.710. The predicted molar refractivity (Wildman–Crippen MR) is 56.3 cm³/mol. The van der Waals surface area contributed by atoms with Gasteiger partial charge >= 0.3 is 6.18 Å². The van der Waals surface area contributed by atoms with Crippen molar-refractivity contribution in [3.8, 4) is 0 Å². The van der Waals surface area contributed by atoms with Crippen LogP contribution in [0.25, 0.3) is 0 Å². The maximum absolute atomic E-state index is 12.7. The summed E-state index contributed by atoms with van der Waals surface area (Å²) in [6.07, 6.45) is -4.55. The van der Waals surface area contributed by atoms with Gasteiger partial charge in [0.25, 0.3) is 5.92 Å². The van der Waals surface area contributed by atoms with Crippen LogP contribution in [0.15, 0.2) is 22.7 Å². The summed E-state index contributed by atoms with van der Waals surface area (Å²) < 4.78 is 63.7. The Kier molecular flexibility index (Phi) is 2.84. The van der Waals surface area contributed by atoms with Crippen molar-refractivity contribution in [3.05, 3.63) is 28.2 Å². The summed E-state index contributed by atoms with van der Waals surface area (Å²) >= 11 is 2.93. The largest absolute Gasteiger partial charge is 0.418 e. The number of rotatable bonds is 1. The Bertz CT molecular complexity index is 435. The zero-order chi connectivity index (χ0) is 12.8. The fourth-order valence-corrected chi connectivity index (χ4v) is 2.05. The lowest BCUT2D eigenvalue weighted by atomic mass is 10.1. The van der Waals surface area contributed by atoms with Gasteiger partial charge in [0.05, 0.1) is 18.7 Å². The molecule has 1 aromatic carbocycles. The fourth-order valence-electron chi connectivity index (χ4n) is 1.69. The number of alkyl halides is 5. The first-order valence-electron chi connectivity index (χ1n) is 4.69. The Hall–Kier alpha value is -0.850. The molecule has 7 heteroatoms. The third-order valence-corrected chi connectivity index (χ3v) is 2.94. The van der Waals surface area contributed by atoms with Gasteiger partial charge in [0, 0.05) is 10.2 Å². The maximum Gasteiger partial charge on any atom is 0.418 e. The smallest absolute Gasteiger partial charge is 0.359 e. The molecule has 1 fully saturated rings. The Labute approximate surface area is 102 Å². The first kappa shape index (κ1) is 12.6. The van der Waals surface area contributed by atoms with Gasteiger partial charge in [-0.15, -0.1) is 0 Å². The Morgan fingerprint density at radius 3 is 2.24 bits per heavy atom. The second-order valence-corrected chi connectivity index (χ2v) is 4.79. The number of nitrogens with zero attached hydrogens (tertiary/aromatic N) is 1. The molecule has 1 aromatic rings. The summed E-state index contributed by atoms with van der Waals surface area (Å²) in [6, 6.07) is 3.50. The molecule has 1 heterocycles. The van der Waals surface area contributed by atoms with Crippen LogP contribution in [-0.4, -0.2) is 19.0 Å². The van der Waals surface area contributed by atoms with E-state index < -0.39 is 30.8 Å². The summed E-state index contributed by atoms with van der Waals surface area (Å²) in [5, 5.41) is 0. The molecular weight excluding hydrogens is 309 g/mol. The SMILES string of the molecule is FC1(F)CN(c2ccc(Br)cc2C(F)(F)F)C1. The van der Waals surface area contributed by atoms with E-state index in [-0.39, 0.29) is 10.2 Å². The van der Waals surface area contributed by atoms with Gasteiger partial charge in [0.1, 0.15) is 0 Å². The lowest BCUT2D eigenvalue weighted by Gasteiger charge is -2.41. The number of benzene rings is 1. The molecule has 0 radical (unpaired) electrons. The first-order chi connectivity index (χ1) is 7.69. The number of anilines is 1. The molecule has 1 nitrogen and oxygen atoms in total. The van der Waals surface area contributed by atoms with E-state index in [0.29, 0.717) is 0 Å². The van der Waals surface area contributed by atoms with Crippen molar-refractivity contribution in [2.75, 3.05) is 18.0 Å². The minimum absolute atomic E-state index is 0.202. The monoisotopic (exact) mass is 315 g/mol. The molecule has 0 N–H and O–H groups in total. The summed E-state index contributed by atoms with van der Waals surface area (Å²) in [5.41, 5.74) is -1.10. The van der Waals surface area contributed by atoms with Crippen molar-refractivity contribution in [1.29, 1.82) is 0 Å². The minimum Gasteiger partial charge on any atom is -0.359 e. The van der Waals surface area contributed by atoms with Gasteiger partial charge in [-0.25, -0.2) is 8.78 Å². The zero-order valence-corrected chi connectivity index (χ0v) is 9.95. The molecule has 0 amide bonds. The highest BCUT2D eigenvalue weighted by molar-refractivity contribution is 9.10. The molecular formula is C10H7BrF5N. The van der Waals surface area contributed by atoms with Crippen LogP contribution in [0.5, 0.6) is 0 Å². The van der Waals surface area contributed by atoms with Crippen molar-refractivity contribution in [3.63, 3.8) is 0 Å². The standard InChI is InChI=1S/C10H7BrF5N/c11-6-1-2-8(7(3-6)10(14,15)16)17-4-9(12,13)5-17/h1-3H,4-5H2. The van der Waals surface area contributed by atoms with Crippen LogP contribution in [0.1, 0.15) is 5.56 Å². The van der Waals surface area contributed by atoms with E-state index in [0.717, 1.165) is 11.0 Å². The number of halogens is 6. The van der Waals surface area contributed by atoms with Crippen LogP contribution in [0.4, 0.5) is 27.6 Å². The van der Waals surface area contributed by atoms with Crippen molar-refractivity contribution < 1.29 is 22.0 Å². The predicted octanol–water partition coefficient (Wildman–Crippen LogP) is 3.92. The zero-order valence-electron chi connectivity index (χ0n) is 8.36. The molecule has 17 heavy (non-hydrogen) atoms. The first-order valence-corrected chi connectivity index (χ1v) is 5.48. The molecule has 0 saturated carbocycles. The van der Waals surface area contributed by atoms with Crippen LogP contribution in [0.2, 0.25) is 0 Å². The van der Waals surface area contributed by atoms with Crippen molar-refractivity contribution in [1.82, 2.24) is 0 Å². The van der Waals surface area contributed by atoms with Crippen LogP contribution in [0.3, 0.4) is 0 Å². The van der Waals surface area contributed by atoms with E-state index in [1.54, 1.807) is 0 Å². The highest BCUT2D eigenvalue weighted by Crippen LogP contribution is 2.41. The Morgan fingerprint density at radius 2 is 1.76 bits per heavy atom. The summed E-state index contributed by atoms with van der Waals surface area (Å²) in [4.78, 5) is 1.02. The van der Waals surface area contributed by atoms with Gasteiger partial charge in [0.2, 0.25) is 0 Å². The van der Waals surface area contributed by atoms with E-state index in [9.17, 15) is 22.0 Å². The molecule has 0 unspecified atom stereocenters. The van der Waals surface area contributed by atoms with Gasteiger partial charge in [-0.3, -0.25) is 0 Å². The molecule has 0 atom stereocenters. The van der Waals surface area contributed by atoms with Gasteiger partial charge in [0.15, 0.2) is 0 Å². The lowest BCUT2D eigenvalue weighted by Crippen LogP contribution is -2.56. The van der Waals surface area contributed by atoms with Crippen LogP contribution in [-0.2, 0) is 6.18 Å². The second-order valence-electron chi connectivity index (χ2n) is 3.87. The number of hydrogen-bond donors (Lipinski definition) is 0. The average Bonchev–Trinajstić information content (AvgIpc) is 2.12. The van der Waals surface area contributed by atoms with E-state index in [1.807, 2.05) is 0 Å². The third-order valence-electron chi connectivity index (χ3n) is 2.45. The third kappa shape index (κ3) is 2.53. The van der Waals surface area contributed by atoms with Gasteiger partial charge in [-0.1, -0.05) is 15.9 Å². The molecule has 94 valence electrons. The van der Waals surface area contributed by atoms with Crippen LogP contribution >= 0.6 is 15.9 Å². The lowest BCUT2D eigenvalue weighted by molar-refractivity contribution is -0.137. The Balaban J connectivity index is 2.35. The summed E-state index contributed by atoms with van der Waals surface area (Å²) in [6.45, 7) is -1.34. The molecule has 2 rings (SSSR count). The molecule has 1 aliphatic rings. The highest BCUT2D eigenvalue weighted by Gasteiger charge is 2.46. The fraction of sp³-hybridized carbons (Fsp3) is 0.400. The minimum atomic E-state index is -4.55. The molecule has 0 aromatic heterocycles. The Morgan fingerprint density at radius 1 is 1.18 bits per heavy atom. The van der Waals surface area contributed by atoms with E-state index in [1.165, 1.54) is 12.1 Å². The molecule has 1 saturated heterocycles. The summed E-state index contributed by atoms with van der Waals surface area (Å²) in [7, 11) is 0. The maximum atomic E-state index is 12.7. The van der Waals surface area contributed by atoms with Crippen molar-refractivity contribution >= 4 is 21.6 Å². The van der Waals surface area contributed by atoms with Crippen molar-refractivity contribution in [2.45, 2.75) is 12.1 Å². The second kappa shape index (κ2) is 3.83. The topological polar surface area (TPSA) is 3.24 Å². The molecule has 0 bridgehead atoms. The van der Waals surface area contributed by atoms with Gasteiger partial charge < -0.3 is 4.90 Å². The normalized spacial score (nSPS) is 19.1. The average molecular weight is 316 g/mol. The van der Waals surface area contributed by atoms with Gasteiger partial charge in [-0.05, 0) is 18.2 Å². The highest BCUT2D eigenvalue weighted by atomic mass is 79.9. The molecule has 0 spiro atoms. The van der Waals surface area contributed by atoms with Gasteiger partial charge in [-0.2, -0.15) is 13.2 Å². The van der Waals surface area contributed by atoms with Crippen molar-refractivity contribution in [2.24, 2.45) is 0 Å². The van der Waals surface area contributed by atoms with E-state index in [4.69, 9.17) is 0 Å². The molecule has 0 aliphatic carbocycles. The van der Waals surface area contributed by atoms with E-state index in [2.05, 4.69) is 15.9 Å². The van der Waals surface area contributed by atoms with E-state index >= 15 is 0 Å². The van der Waals surface area contributed by atoms with Crippen LogP contribution in [0, 0.1) is 0 Å². The summed E-state index contributed by atoms with van der Waals surface area (Å²) in [5.74, 6) is -2.89. The number of hydrogen-bond acceptors (Lipinski definition) is 1.